The third kappa shape index (κ3) is 4.23. The summed E-state index contributed by atoms with van der Waals surface area (Å²) >= 11 is 0. The van der Waals surface area contributed by atoms with Gasteiger partial charge < -0.3 is 26.1 Å². The molecule has 0 saturated carbocycles. The molecule has 5 N–H and O–H groups in total. The third-order valence-electron chi connectivity index (χ3n) is 2.80. The first-order valence-corrected chi connectivity index (χ1v) is 6.01. The quantitative estimate of drug-likeness (QED) is 0.267. The Morgan fingerprint density at radius 2 is 1.76 bits per heavy atom. The molecule has 0 unspecified atom stereocenters. The van der Waals surface area contributed by atoms with E-state index in [0.717, 1.165) is 12.1 Å². The summed E-state index contributed by atoms with van der Waals surface area (Å²) in [6, 6.07) is 3.25. The number of aliphatic hydroxyl groups excluding tert-OH is 2. The van der Waals surface area contributed by atoms with Gasteiger partial charge >= 0.3 is 6.18 Å². The van der Waals surface area contributed by atoms with E-state index < -0.39 is 23.1 Å². The maximum atomic E-state index is 13.1. The van der Waals surface area contributed by atoms with Gasteiger partial charge in [0.2, 0.25) is 0 Å². The summed E-state index contributed by atoms with van der Waals surface area (Å²) in [5.41, 5.74) is 3.91. The predicted molar refractivity (Wildman–Crippen MR) is 70.3 cm³/mol. The molecule has 1 rings (SSSR count). The summed E-state index contributed by atoms with van der Waals surface area (Å²) < 4.78 is 39.2. The minimum Gasteiger partial charge on any atom is -0.409 e. The Balaban J connectivity index is 3.32. The lowest BCUT2D eigenvalue weighted by Crippen LogP contribution is -2.30. The van der Waals surface area contributed by atoms with Crippen molar-refractivity contribution in [1.82, 2.24) is 0 Å². The second-order valence-corrected chi connectivity index (χ2v) is 4.15. The maximum absolute atomic E-state index is 13.1. The van der Waals surface area contributed by atoms with Crippen molar-refractivity contribution in [3.8, 4) is 0 Å². The summed E-state index contributed by atoms with van der Waals surface area (Å²) in [7, 11) is 0. The van der Waals surface area contributed by atoms with Crippen molar-refractivity contribution >= 4 is 11.5 Å². The molecule has 0 saturated heterocycles. The van der Waals surface area contributed by atoms with Crippen LogP contribution in [-0.4, -0.2) is 47.6 Å². The molecular formula is C12H16F3N3O3. The van der Waals surface area contributed by atoms with Crippen LogP contribution in [0.4, 0.5) is 18.9 Å². The van der Waals surface area contributed by atoms with Gasteiger partial charge in [0.15, 0.2) is 5.84 Å². The van der Waals surface area contributed by atoms with E-state index in [1.165, 1.54) is 11.0 Å². The number of anilines is 1. The van der Waals surface area contributed by atoms with Gasteiger partial charge in [-0.15, -0.1) is 0 Å². The molecule has 0 radical (unpaired) electrons. The summed E-state index contributed by atoms with van der Waals surface area (Å²) in [6.07, 6.45) is -4.69. The highest BCUT2D eigenvalue weighted by molar-refractivity contribution is 5.99. The van der Waals surface area contributed by atoms with Crippen LogP contribution < -0.4 is 10.6 Å². The number of alkyl halides is 3. The average molecular weight is 307 g/mol. The lowest BCUT2D eigenvalue weighted by Gasteiger charge is -2.24. The average Bonchev–Trinajstić information content (AvgIpc) is 2.44. The monoisotopic (exact) mass is 307 g/mol. The fourth-order valence-corrected chi connectivity index (χ4v) is 1.85. The van der Waals surface area contributed by atoms with E-state index in [0.29, 0.717) is 0 Å². The molecular weight excluding hydrogens is 291 g/mol. The highest BCUT2D eigenvalue weighted by atomic mass is 19.4. The molecule has 0 amide bonds. The lowest BCUT2D eigenvalue weighted by molar-refractivity contribution is -0.137. The van der Waals surface area contributed by atoms with Gasteiger partial charge in [0.25, 0.3) is 0 Å². The molecule has 6 nitrogen and oxygen atoms in total. The summed E-state index contributed by atoms with van der Waals surface area (Å²) in [5, 5.41) is 29.0. The number of amidine groups is 1. The van der Waals surface area contributed by atoms with Gasteiger partial charge in [-0.3, -0.25) is 0 Å². The summed E-state index contributed by atoms with van der Waals surface area (Å²) in [5.74, 6) is -0.648. The van der Waals surface area contributed by atoms with Crippen molar-refractivity contribution < 1.29 is 28.6 Å². The molecule has 0 aliphatic carbocycles. The molecule has 0 fully saturated rings. The number of nitrogens with two attached hydrogens (primary N) is 1. The summed E-state index contributed by atoms with van der Waals surface area (Å²) in [4.78, 5) is 1.39. The van der Waals surface area contributed by atoms with Crippen molar-refractivity contribution in [2.45, 2.75) is 6.18 Å². The number of oxime groups is 1. The largest absolute Gasteiger partial charge is 0.417 e. The Kier molecular flexibility index (Phi) is 5.79. The van der Waals surface area contributed by atoms with Crippen LogP contribution >= 0.6 is 0 Å². The Morgan fingerprint density at radius 3 is 2.19 bits per heavy atom. The van der Waals surface area contributed by atoms with E-state index in [1.54, 1.807) is 0 Å². The molecule has 1 aromatic carbocycles. The van der Waals surface area contributed by atoms with E-state index in [4.69, 9.17) is 21.2 Å². The topological polar surface area (TPSA) is 102 Å². The van der Waals surface area contributed by atoms with Gasteiger partial charge in [0.05, 0.1) is 18.8 Å². The van der Waals surface area contributed by atoms with Crippen LogP contribution in [0.2, 0.25) is 0 Å². The number of nitrogens with zero attached hydrogens (tertiary/aromatic N) is 2. The minimum absolute atomic E-state index is 0.0702. The maximum Gasteiger partial charge on any atom is 0.417 e. The molecule has 0 spiro atoms. The van der Waals surface area contributed by atoms with Gasteiger partial charge in [0, 0.05) is 24.3 Å². The number of rotatable bonds is 6. The van der Waals surface area contributed by atoms with E-state index in [-0.39, 0.29) is 32.0 Å². The number of hydrogen-bond donors (Lipinski definition) is 4. The molecule has 1 aromatic rings. The zero-order valence-electron chi connectivity index (χ0n) is 11.0. The third-order valence-corrected chi connectivity index (χ3v) is 2.80. The van der Waals surface area contributed by atoms with Crippen LogP contribution in [0, 0.1) is 0 Å². The Labute approximate surface area is 118 Å². The van der Waals surface area contributed by atoms with Crippen LogP contribution in [0.3, 0.4) is 0 Å². The second kappa shape index (κ2) is 7.14. The van der Waals surface area contributed by atoms with E-state index in [1.807, 2.05) is 0 Å². The van der Waals surface area contributed by atoms with Crippen molar-refractivity contribution in [3.63, 3.8) is 0 Å². The van der Waals surface area contributed by atoms with E-state index >= 15 is 0 Å². The molecule has 21 heavy (non-hydrogen) atoms. The van der Waals surface area contributed by atoms with Crippen molar-refractivity contribution in [3.05, 3.63) is 29.3 Å². The van der Waals surface area contributed by atoms with Crippen LogP contribution in [0.15, 0.2) is 23.4 Å². The standard InChI is InChI=1S/C12H16F3N3O3/c13-12(14,15)10-7-8(18(3-5-19)4-6-20)1-2-9(10)11(16)17-21/h1-2,7,19-21H,3-6H2,(H2,16,17). The highest BCUT2D eigenvalue weighted by Crippen LogP contribution is 2.34. The van der Waals surface area contributed by atoms with Crippen molar-refractivity contribution in [2.75, 3.05) is 31.2 Å². The van der Waals surface area contributed by atoms with Gasteiger partial charge in [-0.25, -0.2) is 0 Å². The molecule has 0 atom stereocenters. The zero-order valence-corrected chi connectivity index (χ0v) is 11.0. The first-order valence-electron chi connectivity index (χ1n) is 6.01. The Morgan fingerprint density at radius 1 is 1.19 bits per heavy atom. The smallest absolute Gasteiger partial charge is 0.409 e. The van der Waals surface area contributed by atoms with Gasteiger partial charge in [-0.2, -0.15) is 13.2 Å². The molecule has 0 aliphatic rings. The Bertz CT molecular complexity index is 500. The fraction of sp³-hybridized carbons (Fsp3) is 0.417. The SMILES string of the molecule is N/C(=N/O)c1ccc(N(CCO)CCO)cc1C(F)(F)F. The Hall–Kier alpha value is -2.00. The van der Waals surface area contributed by atoms with E-state index in [2.05, 4.69) is 5.16 Å². The number of benzene rings is 1. The highest BCUT2D eigenvalue weighted by Gasteiger charge is 2.35. The molecule has 0 bridgehead atoms. The van der Waals surface area contributed by atoms with Crippen LogP contribution in [0.5, 0.6) is 0 Å². The first kappa shape index (κ1) is 17.1. The van der Waals surface area contributed by atoms with Gasteiger partial charge in [0.1, 0.15) is 0 Å². The van der Waals surface area contributed by atoms with Crippen LogP contribution in [-0.2, 0) is 6.18 Å². The van der Waals surface area contributed by atoms with Crippen molar-refractivity contribution in [1.29, 1.82) is 0 Å². The molecule has 9 heteroatoms. The minimum atomic E-state index is -4.69. The summed E-state index contributed by atoms with van der Waals surface area (Å²) in [6.45, 7) is -0.409. The van der Waals surface area contributed by atoms with Gasteiger partial charge in [-0.1, -0.05) is 5.16 Å². The molecule has 0 aliphatic heterocycles. The second-order valence-electron chi connectivity index (χ2n) is 4.15. The molecule has 0 aromatic heterocycles. The number of halogens is 3. The zero-order chi connectivity index (χ0) is 16.0. The van der Waals surface area contributed by atoms with Gasteiger partial charge in [-0.05, 0) is 18.2 Å². The molecule has 0 heterocycles. The normalized spacial score (nSPS) is 12.5. The first-order chi connectivity index (χ1) is 9.85. The number of hydrogen-bond acceptors (Lipinski definition) is 5. The van der Waals surface area contributed by atoms with Crippen LogP contribution in [0.25, 0.3) is 0 Å². The predicted octanol–water partition coefficient (Wildman–Crippen LogP) is 0.591. The van der Waals surface area contributed by atoms with E-state index in [9.17, 15) is 13.2 Å². The van der Waals surface area contributed by atoms with Crippen molar-refractivity contribution in [2.24, 2.45) is 10.9 Å². The molecule has 118 valence electrons. The lowest BCUT2D eigenvalue weighted by atomic mass is 10.0. The van der Waals surface area contributed by atoms with Crippen LogP contribution in [0.1, 0.15) is 11.1 Å². The fourth-order valence-electron chi connectivity index (χ4n) is 1.85. The number of aliphatic hydroxyl groups is 2.